The lowest BCUT2D eigenvalue weighted by Gasteiger charge is -2.18. The van der Waals surface area contributed by atoms with Crippen molar-refractivity contribution < 1.29 is 23.8 Å². The van der Waals surface area contributed by atoms with Gasteiger partial charge in [0.25, 0.3) is 5.56 Å². The summed E-state index contributed by atoms with van der Waals surface area (Å²) in [6.07, 6.45) is 6.09. The summed E-state index contributed by atoms with van der Waals surface area (Å²) in [6.45, 7) is -0.456. The van der Waals surface area contributed by atoms with E-state index >= 15 is 4.39 Å². The monoisotopic (exact) mass is 685 g/mol. The van der Waals surface area contributed by atoms with Crippen molar-refractivity contribution in [3.63, 3.8) is 0 Å². The standard InChI is InChI=1S/C30H28FN9O5.2ClH/c1-39-13-18(12-34-39)35-30-37-26(36-29(33)38-30)19-3-2-4-23(20(19)14-45-28(44)22(32)11-24(41)42)40-8-7-16-9-17(15-5-6-15)10-21(31)25(16)27(40)43;;/h2-4,7-10,12-13,15,22H,5-6,11,14,32H2,1H3,(H,41,42)(H3,33,35,36,37,38);2*1H/t22-;;/m0../s1. The van der Waals surface area contributed by atoms with E-state index in [0.29, 0.717) is 22.6 Å². The number of rotatable bonds is 10. The Hall–Kier alpha value is -5.12. The predicted octanol–water partition coefficient (Wildman–Crippen LogP) is 3.61. The van der Waals surface area contributed by atoms with Crippen LogP contribution in [0.2, 0.25) is 0 Å². The van der Waals surface area contributed by atoms with E-state index in [1.165, 1.54) is 16.8 Å². The van der Waals surface area contributed by atoms with Gasteiger partial charge in [-0.2, -0.15) is 20.1 Å². The second-order valence-electron chi connectivity index (χ2n) is 10.7. The smallest absolute Gasteiger partial charge is 0.323 e. The zero-order chi connectivity index (χ0) is 31.8. The maximum atomic E-state index is 15.4. The van der Waals surface area contributed by atoms with Gasteiger partial charge in [0.1, 0.15) is 18.5 Å². The van der Waals surface area contributed by atoms with Gasteiger partial charge in [-0.15, -0.1) is 24.8 Å². The number of nitrogens with zero attached hydrogens (tertiary/aromatic N) is 6. The average molecular weight is 687 g/mol. The van der Waals surface area contributed by atoms with E-state index in [2.05, 4.69) is 25.4 Å². The van der Waals surface area contributed by atoms with Crippen molar-refractivity contribution in [3.8, 4) is 17.1 Å². The molecular formula is C30H30Cl2FN9O5. The van der Waals surface area contributed by atoms with Crippen LogP contribution in [0.15, 0.2) is 59.8 Å². The molecule has 1 atom stereocenters. The van der Waals surface area contributed by atoms with Gasteiger partial charge in [-0.3, -0.25) is 23.6 Å². The Morgan fingerprint density at radius 2 is 1.94 bits per heavy atom. The van der Waals surface area contributed by atoms with Gasteiger partial charge in [-0.1, -0.05) is 18.2 Å². The first-order chi connectivity index (χ1) is 21.6. The lowest BCUT2D eigenvalue weighted by atomic mass is 10.0. The van der Waals surface area contributed by atoms with Gasteiger partial charge >= 0.3 is 11.9 Å². The molecule has 6 rings (SSSR count). The Bertz CT molecular complexity index is 2030. The van der Waals surface area contributed by atoms with Crippen molar-refractivity contribution in [1.29, 1.82) is 0 Å². The van der Waals surface area contributed by atoms with Crippen LogP contribution < -0.4 is 22.3 Å². The minimum absolute atomic E-state index is 0. The number of carboxylic acids is 1. The number of anilines is 3. The Morgan fingerprint density at radius 3 is 2.62 bits per heavy atom. The summed E-state index contributed by atoms with van der Waals surface area (Å²) in [4.78, 5) is 50.4. The fourth-order valence-corrected chi connectivity index (χ4v) is 5.06. The second-order valence-corrected chi connectivity index (χ2v) is 10.7. The van der Waals surface area contributed by atoms with Crippen molar-refractivity contribution in [2.45, 2.75) is 37.8 Å². The first-order valence-electron chi connectivity index (χ1n) is 14.0. The Labute approximate surface area is 278 Å². The van der Waals surface area contributed by atoms with Gasteiger partial charge in [-0.25, -0.2) is 4.39 Å². The number of aryl methyl sites for hydroxylation is 1. The molecule has 17 heteroatoms. The first-order valence-corrected chi connectivity index (χ1v) is 14.0. The Kier molecular flexibility index (Phi) is 10.4. The fourth-order valence-electron chi connectivity index (χ4n) is 5.06. The van der Waals surface area contributed by atoms with Crippen molar-refractivity contribution in [2.75, 3.05) is 11.1 Å². The van der Waals surface area contributed by atoms with E-state index in [4.69, 9.17) is 21.3 Å². The molecule has 0 bridgehead atoms. The highest BCUT2D eigenvalue weighted by Gasteiger charge is 2.26. The van der Waals surface area contributed by atoms with E-state index < -0.39 is 42.4 Å². The van der Waals surface area contributed by atoms with Gasteiger partial charge in [0.2, 0.25) is 11.9 Å². The van der Waals surface area contributed by atoms with Crippen LogP contribution in [0, 0.1) is 5.82 Å². The topological polar surface area (TPSA) is 206 Å². The molecule has 0 radical (unpaired) electrons. The van der Waals surface area contributed by atoms with E-state index in [1.807, 2.05) is 6.07 Å². The number of hydrogen-bond acceptors (Lipinski definition) is 11. The van der Waals surface area contributed by atoms with Crippen LogP contribution in [0.4, 0.5) is 22.0 Å². The highest BCUT2D eigenvalue weighted by molar-refractivity contribution is 5.86. The second kappa shape index (κ2) is 14.1. The summed E-state index contributed by atoms with van der Waals surface area (Å²) in [5, 5.41) is 16.5. The fraction of sp³-hybridized carbons (Fsp3) is 0.233. The number of hydrogen-bond donors (Lipinski definition) is 4. The number of carbonyl (C=O) groups is 2. The number of pyridine rings is 1. The number of fused-ring (bicyclic) bond motifs is 1. The van der Waals surface area contributed by atoms with E-state index in [-0.39, 0.29) is 59.2 Å². The van der Waals surface area contributed by atoms with Crippen LogP contribution in [-0.2, 0) is 28.0 Å². The molecule has 6 N–H and O–H groups in total. The highest BCUT2D eigenvalue weighted by Crippen LogP contribution is 2.41. The number of halogens is 3. The number of benzene rings is 2. The molecular weight excluding hydrogens is 656 g/mol. The number of nitrogen functional groups attached to an aromatic ring is 1. The number of nitrogens with one attached hydrogen (secondary N) is 1. The van der Waals surface area contributed by atoms with Gasteiger partial charge in [0.05, 0.1) is 29.4 Å². The number of carbonyl (C=O) groups excluding carboxylic acids is 1. The van der Waals surface area contributed by atoms with Gasteiger partial charge in [0.15, 0.2) is 5.82 Å². The van der Waals surface area contributed by atoms with Crippen molar-refractivity contribution >= 4 is 65.1 Å². The van der Waals surface area contributed by atoms with Crippen molar-refractivity contribution in [1.82, 2.24) is 29.3 Å². The van der Waals surface area contributed by atoms with Crippen LogP contribution in [0.1, 0.15) is 36.3 Å². The molecule has 1 aliphatic carbocycles. The van der Waals surface area contributed by atoms with E-state index in [9.17, 15) is 14.4 Å². The van der Waals surface area contributed by atoms with Crippen LogP contribution >= 0.6 is 24.8 Å². The molecule has 1 saturated carbocycles. The molecule has 3 heterocycles. The summed E-state index contributed by atoms with van der Waals surface area (Å²) >= 11 is 0. The number of aliphatic carboxylic acids is 1. The maximum Gasteiger partial charge on any atom is 0.323 e. The SMILES string of the molecule is Cl.Cl.Cn1cc(Nc2nc(N)nc(-c3cccc(-n4ccc5cc(C6CC6)cc(F)c5c4=O)c3COC(=O)[C@@H](N)CC(=O)O)n2)cn1. The van der Waals surface area contributed by atoms with Crippen molar-refractivity contribution in [2.24, 2.45) is 12.8 Å². The lowest BCUT2D eigenvalue weighted by molar-refractivity contribution is -0.150. The minimum atomic E-state index is -1.43. The summed E-state index contributed by atoms with van der Waals surface area (Å²) < 4.78 is 23.6. The Morgan fingerprint density at radius 1 is 1.17 bits per heavy atom. The predicted molar refractivity (Wildman–Crippen MR) is 176 cm³/mol. The lowest BCUT2D eigenvalue weighted by Crippen LogP contribution is -2.34. The summed E-state index contributed by atoms with van der Waals surface area (Å²) in [5.74, 6) is -2.54. The molecule has 47 heavy (non-hydrogen) atoms. The zero-order valence-corrected chi connectivity index (χ0v) is 26.4. The number of esters is 1. The van der Waals surface area contributed by atoms with Crippen molar-refractivity contribution in [3.05, 3.63) is 82.3 Å². The number of ether oxygens (including phenoxy) is 1. The third-order valence-corrected chi connectivity index (χ3v) is 7.35. The molecule has 1 aliphatic rings. The van der Waals surface area contributed by atoms with E-state index in [1.54, 1.807) is 48.4 Å². The molecule has 5 aromatic rings. The normalized spacial score (nSPS) is 12.9. The Balaban J connectivity index is 0.00000250. The molecule has 0 spiro atoms. The van der Waals surface area contributed by atoms with Gasteiger partial charge < -0.3 is 26.6 Å². The van der Waals surface area contributed by atoms with Gasteiger partial charge in [0, 0.05) is 30.6 Å². The molecule has 0 aliphatic heterocycles. The molecule has 0 amide bonds. The van der Waals surface area contributed by atoms with Gasteiger partial charge in [-0.05, 0) is 47.9 Å². The average Bonchev–Trinajstić information content (AvgIpc) is 3.76. The number of carboxylic acid groups (broad SMARTS) is 1. The summed E-state index contributed by atoms with van der Waals surface area (Å²) in [7, 11) is 1.74. The van der Waals surface area contributed by atoms with Crippen LogP contribution in [0.25, 0.3) is 27.8 Å². The molecule has 1 fully saturated rings. The number of aromatic nitrogens is 6. The third-order valence-electron chi connectivity index (χ3n) is 7.35. The van der Waals surface area contributed by atoms with Crippen LogP contribution in [-0.4, -0.2) is 52.4 Å². The maximum absolute atomic E-state index is 15.4. The zero-order valence-electron chi connectivity index (χ0n) is 24.8. The molecule has 246 valence electrons. The third kappa shape index (κ3) is 7.48. The quantitative estimate of drug-likeness (QED) is 0.156. The first kappa shape index (κ1) is 34.7. The summed E-state index contributed by atoms with van der Waals surface area (Å²) in [5.41, 5.74) is 13.4. The molecule has 0 unspecified atom stereocenters. The molecule has 0 saturated heterocycles. The summed E-state index contributed by atoms with van der Waals surface area (Å²) in [6, 6.07) is 8.29. The largest absolute Gasteiger partial charge is 0.481 e. The van der Waals surface area contributed by atoms with E-state index in [0.717, 1.165) is 18.4 Å². The number of nitrogens with two attached hydrogens (primary N) is 2. The molecule has 14 nitrogen and oxygen atoms in total. The van der Waals surface area contributed by atoms with Crippen LogP contribution in [0.5, 0.6) is 0 Å². The minimum Gasteiger partial charge on any atom is -0.481 e. The highest BCUT2D eigenvalue weighted by atomic mass is 35.5. The van der Waals surface area contributed by atoms with Crippen LogP contribution in [0.3, 0.4) is 0 Å². The molecule has 2 aromatic carbocycles. The molecule has 3 aromatic heterocycles.